The van der Waals surface area contributed by atoms with Gasteiger partial charge in [0.05, 0.1) is 24.2 Å². The van der Waals surface area contributed by atoms with Gasteiger partial charge in [0, 0.05) is 20.1 Å². The number of unbranched alkanes of at least 4 members (excludes halogenated alkanes) is 2. The molecule has 3 N–H and O–H groups in total. The van der Waals surface area contributed by atoms with Crippen molar-refractivity contribution in [2.45, 2.75) is 71.1 Å². The molecule has 1 aliphatic carbocycles. The largest absolute Gasteiger partial charge is 0.391 e. The number of carbonyl (C=O) groups is 1. The van der Waals surface area contributed by atoms with Gasteiger partial charge in [0.2, 0.25) is 5.91 Å². The molecule has 5 nitrogen and oxygen atoms in total. The molecule has 0 radical (unpaired) electrons. The fourth-order valence-electron chi connectivity index (χ4n) is 3.01. The quantitative estimate of drug-likeness (QED) is 0.431. The Morgan fingerprint density at radius 1 is 1.30 bits per heavy atom. The Morgan fingerprint density at radius 2 is 2.07 bits per heavy atom. The van der Waals surface area contributed by atoms with Crippen molar-refractivity contribution in [2.75, 3.05) is 20.2 Å². The number of nitrogens with one attached hydrogen (secondary N) is 2. The summed E-state index contributed by atoms with van der Waals surface area (Å²) in [6, 6.07) is -0.323. The van der Waals surface area contributed by atoms with Gasteiger partial charge in [-0.05, 0) is 31.9 Å². The van der Waals surface area contributed by atoms with Gasteiger partial charge in [0.25, 0.3) is 0 Å². The summed E-state index contributed by atoms with van der Waals surface area (Å²) in [5.74, 6) is -0.378. The zero-order valence-corrected chi connectivity index (χ0v) is 17.4. The molecular formula is C22H38N2O3. The number of rotatable bonds is 13. The Hall–Kier alpha value is -1.43. The molecule has 0 spiro atoms. The van der Waals surface area contributed by atoms with Crippen molar-refractivity contribution in [3.63, 3.8) is 0 Å². The molecule has 4 unspecified atom stereocenters. The van der Waals surface area contributed by atoms with E-state index in [0.717, 1.165) is 25.0 Å². The van der Waals surface area contributed by atoms with Gasteiger partial charge in [0.1, 0.15) is 0 Å². The molecule has 0 aliphatic heterocycles. The van der Waals surface area contributed by atoms with Crippen LogP contribution >= 0.6 is 0 Å². The molecule has 0 fully saturated rings. The van der Waals surface area contributed by atoms with Crippen molar-refractivity contribution in [3.05, 3.63) is 36.0 Å². The maximum Gasteiger partial charge on any atom is 0.225 e. The number of allylic oxidation sites excluding steroid dienone is 5. The van der Waals surface area contributed by atoms with Crippen molar-refractivity contribution < 1.29 is 14.6 Å². The van der Waals surface area contributed by atoms with E-state index in [9.17, 15) is 9.90 Å². The Bertz CT molecular complexity index is 514. The average Bonchev–Trinajstić information content (AvgIpc) is 2.92. The summed E-state index contributed by atoms with van der Waals surface area (Å²) in [6.45, 7) is 7.48. The fraction of sp³-hybridized carbons (Fsp3) is 0.682. The first-order valence-electron chi connectivity index (χ1n) is 10.2. The molecule has 0 saturated carbocycles. The van der Waals surface area contributed by atoms with Gasteiger partial charge in [0.15, 0.2) is 0 Å². The molecule has 0 heterocycles. The molecule has 27 heavy (non-hydrogen) atoms. The van der Waals surface area contributed by atoms with Gasteiger partial charge in [-0.15, -0.1) is 0 Å². The predicted octanol–water partition coefficient (Wildman–Crippen LogP) is 3.12. The van der Waals surface area contributed by atoms with E-state index < -0.39 is 6.10 Å². The maximum atomic E-state index is 12.6. The van der Waals surface area contributed by atoms with Crippen LogP contribution in [0.1, 0.15) is 52.9 Å². The lowest BCUT2D eigenvalue weighted by molar-refractivity contribution is -0.130. The topological polar surface area (TPSA) is 70.6 Å². The Balaban J connectivity index is 2.44. The monoisotopic (exact) mass is 378 g/mol. The van der Waals surface area contributed by atoms with E-state index in [4.69, 9.17) is 4.74 Å². The van der Waals surface area contributed by atoms with Crippen molar-refractivity contribution in [2.24, 2.45) is 5.92 Å². The number of methoxy groups -OCH3 is 1. The molecule has 0 saturated heterocycles. The molecule has 1 rings (SSSR count). The smallest absolute Gasteiger partial charge is 0.225 e. The van der Waals surface area contributed by atoms with Crippen LogP contribution in [0.25, 0.3) is 0 Å². The highest BCUT2D eigenvalue weighted by Crippen LogP contribution is 2.14. The Morgan fingerprint density at radius 3 is 2.78 bits per heavy atom. The fourth-order valence-corrected chi connectivity index (χ4v) is 3.01. The standard InChI is InChI=1S/C22H38N2O3/c1-5-6-11-14-23-16-21(27-4)17(2)22(26)24-18(3)20(25)15-19-12-9-7-8-10-13-19/h7,9-10,12-13,17-18,20-21,23,25H,5-6,8,11,14-16H2,1-4H3,(H,24,26). The third kappa shape index (κ3) is 9.36. The van der Waals surface area contributed by atoms with E-state index in [-0.39, 0.29) is 24.0 Å². The first-order valence-corrected chi connectivity index (χ1v) is 10.2. The highest BCUT2D eigenvalue weighted by Gasteiger charge is 2.26. The lowest BCUT2D eigenvalue weighted by Crippen LogP contribution is -2.47. The number of amides is 1. The second kappa shape index (κ2) is 13.7. The Kier molecular flexibility index (Phi) is 12.0. The minimum absolute atomic E-state index is 0.0888. The van der Waals surface area contributed by atoms with E-state index in [2.05, 4.69) is 29.7 Å². The molecular weight excluding hydrogens is 340 g/mol. The van der Waals surface area contributed by atoms with Crippen molar-refractivity contribution >= 4 is 5.91 Å². The van der Waals surface area contributed by atoms with Crippen molar-refractivity contribution in [1.29, 1.82) is 0 Å². The van der Waals surface area contributed by atoms with Gasteiger partial charge >= 0.3 is 0 Å². The molecule has 4 atom stereocenters. The van der Waals surface area contributed by atoms with E-state index in [1.54, 1.807) is 7.11 Å². The van der Waals surface area contributed by atoms with Crippen LogP contribution in [0.3, 0.4) is 0 Å². The van der Waals surface area contributed by atoms with E-state index in [1.807, 2.05) is 32.1 Å². The van der Waals surface area contributed by atoms with E-state index in [0.29, 0.717) is 13.0 Å². The highest BCUT2D eigenvalue weighted by atomic mass is 16.5. The molecule has 1 aliphatic rings. The number of ether oxygens (including phenoxy) is 1. The molecule has 1 amide bonds. The summed E-state index contributed by atoms with van der Waals surface area (Å²) in [6.07, 6.45) is 14.3. The number of aliphatic hydroxyl groups excluding tert-OH is 1. The minimum Gasteiger partial charge on any atom is -0.391 e. The van der Waals surface area contributed by atoms with Crippen LogP contribution in [0.5, 0.6) is 0 Å². The Labute approximate surface area is 164 Å². The normalized spacial score (nSPS) is 18.3. The molecule has 0 aromatic carbocycles. The summed E-state index contributed by atoms with van der Waals surface area (Å²) in [5.41, 5.74) is 1.07. The lowest BCUT2D eigenvalue weighted by atomic mass is 10.00. The SMILES string of the molecule is CCCCCNCC(OC)C(C)C(=O)NC(C)C(O)CC1=CC=CCC=C1. The molecule has 0 bridgehead atoms. The number of carbonyl (C=O) groups excluding carboxylic acids is 1. The second-order valence-electron chi connectivity index (χ2n) is 7.35. The van der Waals surface area contributed by atoms with Crippen LogP contribution in [0.4, 0.5) is 0 Å². The van der Waals surface area contributed by atoms with Crippen LogP contribution in [0.15, 0.2) is 36.0 Å². The maximum absolute atomic E-state index is 12.6. The van der Waals surface area contributed by atoms with E-state index in [1.165, 1.54) is 12.8 Å². The molecule has 154 valence electrons. The zero-order valence-electron chi connectivity index (χ0n) is 17.4. The summed E-state index contributed by atoms with van der Waals surface area (Å²) in [7, 11) is 1.64. The number of hydrogen-bond acceptors (Lipinski definition) is 4. The van der Waals surface area contributed by atoms with Crippen LogP contribution < -0.4 is 10.6 Å². The predicted molar refractivity (Wildman–Crippen MR) is 112 cm³/mol. The molecule has 5 heteroatoms. The highest BCUT2D eigenvalue weighted by molar-refractivity contribution is 5.79. The first-order chi connectivity index (χ1) is 13.0. The average molecular weight is 379 g/mol. The summed E-state index contributed by atoms with van der Waals surface area (Å²) in [4.78, 5) is 12.6. The second-order valence-corrected chi connectivity index (χ2v) is 7.35. The first kappa shape index (κ1) is 23.6. The van der Waals surface area contributed by atoms with Gasteiger partial charge in [-0.2, -0.15) is 0 Å². The molecule has 0 aromatic heterocycles. The third-order valence-electron chi connectivity index (χ3n) is 5.02. The summed E-state index contributed by atoms with van der Waals surface area (Å²) < 4.78 is 5.51. The van der Waals surface area contributed by atoms with Gasteiger partial charge in [-0.3, -0.25) is 4.79 Å². The number of aliphatic hydroxyl groups is 1. The van der Waals surface area contributed by atoms with Crippen LogP contribution in [0, 0.1) is 5.92 Å². The molecule has 0 aromatic rings. The third-order valence-corrected chi connectivity index (χ3v) is 5.02. The summed E-state index contributed by atoms with van der Waals surface area (Å²) in [5, 5.41) is 16.8. The van der Waals surface area contributed by atoms with Crippen molar-refractivity contribution in [1.82, 2.24) is 10.6 Å². The van der Waals surface area contributed by atoms with Crippen molar-refractivity contribution in [3.8, 4) is 0 Å². The number of hydrogen-bond donors (Lipinski definition) is 3. The van der Waals surface area contributed by atoms with E-state index >= 15 is 0 Å². The van der Waals surface area contributed by atoms with Crippen LogP contribution in [-0.4, -0.2) is 49.5 Å². The van der Waals surface area contributed by atoms with Crippen LogP contribution in [-0.2, 0) is 9.53 Å². The van der Waals surface area contributed by atoms with Crippen LogP contribution in [0.2, 0.25) is 0 Å². The van der Waals surface area contributed by atoms with Gasteiger partial charge in [-0.25, -0.2) is 0 Å². The van der Waals surface area contributed by atoms with Gasteiger partial charge < -0.3 is 20.5 Å². The van der Waals surface area contributed by atoms with Gasteiger partial charge in [-0.1, -0.05) is 57.1 Å². The minimum atomic E-state index is -0.628. The zero-order chi connectivity index (χ0) is 20.1. The lowest BCUT2D eigenvalue weighted by Gasteiger charge is -2.26. The summed E-state index contributed by atoms with van der Waals surface area (Å²) >= 11 is 0.